The second-order valence-electron chi connectivity index (χ2n) is 6.63. The van der Waals surface area contributed by atoms with E-state index < -0.39 is 0 Å². The van der Waals surface area contributed by atoms with E-state index in [0.717, 1.165) is 19.4 Å². The topological polar surface area (TPSA) is 51.0 Å². The molecule has 1 heterocycles. The molecule has 1 rings (SSSR count). The zero-order valence-electron chi connectivity index (χ0n) is 13.8. The Hall–Kier alpha value is -0.570. The van der Waals surface area contributed by atoms with Gasteiger partial charge in [0.25, 0.3) is 0 Å². The highest BCUT2D eigenvalue weighted by molar-refractivity contribution is 5.85. The summed E-state index contributed by atoms with van der Waals surface area (Å²) in [6.45, 7) is 7.58. The van der Waals surface area contributed by atoms with Gasteiger partial charge in [-0.2, -0.15) is 0 Å². The third-order valence-electron chi connectivity index (χ3n) is 4.31. The molecule has 0 bridgehead atoms. The molecule has 3 nitrogen and oxygen atoms in total. The van der Waals surface area contributed by atoms with Crippen molar-refractivity contribution in [1.29, 1.82) is 0 Å². The molecule has 20 heavy (non-hydrogen) atoms. The van der Waals surface area contributed by atoms with Gasteiger partial charge < -0.3 is 10.6 Å². The second kappa shape index (κ2) is 9.38. The summed E-state index contributed by atoms with van der Waals surface area (Å²) in [5.41, 5.74) is 0.00281. The summed E-state index contributed by atoms with van der Waals surface area (Å²) < 4.78 is 0. The van der Waals surface area contributed by atoms with Gasteiger partial charge in [-0.25, -0.2) is 0 Å². The number of amides is 1. The van der Waals surface area contributed by atoms with Gasteiger partial charge in [-0.3, -0.25) is 4.79 Å². The highest BCUT2D eigenvalue weighted by Crippen LogP contribution is 2.23. The van der Waals surface area contributed by atoms with Crippen molar-refractivity contribution in [3.63, 3.8) is 0 Å². The number of hydrogen-bond acceptors (Lipinski definition) is 2. The minimum absolute atomic E-state index is 0.00281. The molecule has 1 aliphatic rings. The third kappa shape index (κ3) is 7.28. The molecule has 0 aromatic carbocycles. The average Bonchev–Trinajstić information content (AvgIpc) is 3.24. The molecule has 0 saturated carbocycles. The largest absolute Gasteiger partial charge is 0.350 e. The van der Waals surface area contributed by atoms with Gasteiger partial charge in [0.15, 0.2) is 0 Å². The monoisotopic (exact) mass is 282 g/mol. The van der Waals surface area contributed by atoms with Gasteiger partial charge in [0.2, 0.25) is 5.91 Å². The van der Waals surface area contributed by atoms with Crippen LogP contribution in [0, 0.1) is 0 Å². The number of unbranched alkanes of at least 4 members (excludes halogenated alkanes) is 6. The minimum atomic E-state index is 0.00281. The number of nitrogens with one attached hydrogen (secondary N) is 2. The lowest BCUT2D eigenvalue weighted by Crippen LogP contribution is -2.48. The molecular weight excluding hydrogens is 248 g/mol. The van der Waals surface area contributed by atoms with E-state index in [9.17, 15) is 4.79 Å². The second-order valence-corrected chi connectivity index (χ2v) is 6.63. The first-order valence-electron chi connectivity index (χ1n) is 8.66. The van der Waals surface area contributed by atoms with E-state index in [1.165, 1.54) is 51.4 Å². The van der Waals surface area contributed by atoms with E-state index >= 15 is 0 Å². The highest BCUT2D eigenvalue weighted by Gasteiger charge is 2.34. The first-order chi connectivity index (χ1) is 9.61. The van der Waals surface area contributed by atoms with Gasteiger partial charge in [-0.1, -0.05) is 65.2 Å². The molecule has 0 radical (unpaired) electrons. The molecule has 1 fully saturated rings. The van der Waals surface area contributed by atoms with E-state index in [1.54, 1.807) is 0 Å². The van der Waals surface area contributed by atoms with E-state index in [2.05, 4.69) is 31.4 Å². The van der Waals surface area contributed by atoms with Gasteiger partial charge in [-0.05, 0) is 19.8 Å². The van der Waals surface area contributed by atoms with Crippen LogP contribution in [0.25, 0.3) is 0 Å². The van der Waals surface area contributed by atoms with Crippen LogP contribution in [0.15, 0.2) is 0 Å². The third-order valence-corrected chi connectivity index (χ3v) is 4.31. The Morgan fingerprint density at radius 3 is 1.95 bits per heavy atom. The number of rotatable bonds is 12. The molecule has 1 aliphatic heterocycles. The van der Waals surface area contributed by atoms with Crippen LogP contribution in [0.5, 0.6) is 0 Å². The number of carbonyl (C=O) groups excluding carboxylic acids is 1. The van der Waals surface area contributed by atoms with Gasteiger partial charge in [0, 0.05) is 12.1 Å². The standard InChI is InChI=1S/C17H34N2O/c1-4-6-8-10-12-17(3,13-11-9-7-5-2)19-16(20)15-14-18-15/h15,18H,4-14H2,1-3H3,(H,19,20). The molecule has 3 heteroatoms. The van der Waals surface area contributed by atoms with Crippen LogP contribution in [0.4, 0.5) is 0 Å². The predicted molar refractivity (Wildman–Crippen MR) is 85.9 cm³/mol. The fourth-order valence-electron chi connectivity index (χ4n) is 2.76. The molecule has 1 amide bonds. The van der Waals surface area contributed by atoms with Gasteiger partial charge in [-0.15, -0.1) is 0 Å². The molecule has 118 valence electrons. The molecule has 1 saturated heterocycles. The average molecular weight is 282 g/mol. The summed E-state index contributed by atoms with van der Waals surface area (Å²) in [6.07, 6.45) is 12.4. The molecule has 1 unspecified atom stereocenters. The van der Waals surface area contributed by atoms with Crippen LogP contribution in [-0.4, -0.2) is 24.0 Å². The fourth-order valence-corrected chi connectivity index (χ4v) is 2.76. The van der Waals surface area contributed by atoms with Gasteiger partial charge in [0.05, 0.1) is 6.04 Å². The Kier molecular flexibility index (Phi) is 8.20. The zero-order chi connectivity index (χ0) is 14.8. The number of hydrogen-bond donors (Lipinski definition) is 2. The Bertz CT molecular complexity index is 262. The molecular formula is C17H34N2O. The summed E-state index contributed by atoms with van der Waals surface area (Å²) in [7, 11) is 0. The van der Waals surface area contributed by atoms with Crippen LogP contribution in [0.1, 0.15) is 85.0 Å². The molecule has 1 atom stereocenters. The first-order valence-corrected chi connectivity index (χ1v) is 8.66. The van der Waals surface area contributed by atoms with Crippen LogP contribution in [-0.2, 0) is 4.79 Å². The normalized spacial score (nSPS) is 18.1. The lowest BCUT2D eigenvalue weighted by atomic mass is 9.88. The number of carbonyl (C=O) groups is 1. The van der Waals surface area contributed by atoms with Crippen molar-refractivity contribution in [3.05, 3.63) is 0 Å². The van der Waals surface area contributed by atoms with Crippen LogP contribution >= 0.6 is 0 Å². The van der Waals surface area contributed by atoms with Crippen molar-refractivity contribution >= 4 is 5.91 Å². The smallest absolute Gasteiger partial charge is 0.238 e. The molecule has 2 N–H and O–H groups in total. The van der Waals surface area contributed by atoms with Crippen LogP contribution < -0.4 is 10.6 Å². The minimum Gasteiger partial charge on any atom is -0.350 e. The summed E-state index contributed by atoms with van der Waals surface area (Å²) in [4.78, 5) is 12.0. The Morgan fingerprint density at radius 1 is 1.05 bits per heavy atom. The maximum Gasteiger partial charge on any atom is 0.238 e. The van der Waals surface area contributed by atoms with Crippen molar-refractivity contribution in [2.24, 2.45) is 0 Å². The lowest BCUT2D eigenvalue weighted by molar-refractivity contribution is -0.122. The van der Waals surface area contributed by atoms with E-state index in [1.807, 2.05) is 0 Å². The Labute approximate surface area is 125 Å². The van der Waals surface area contributed by atoms with Crippen molar-refractivity contribution in [2.45, 2.75) is 96.6 Å². The van der Waals surface area contributed by atoms with Crippen molar-refractivity contribution in [2.75, 3.05) is 6.54 Å². The first kappa shape index (κ1) is 17.5. The molecule has 0 aliphatic carbocycles. The summed E-state index contributed by atoms with van der Waals surface area (Å²) in [6, 6.07) is 0.0839. The summed E-state index contributed by atoms with van der Waals surface area (Å²) in [5.74, 6) is 0.207. The lowest BCUT2D eigenvalue weighted by Gasteiger charge is -2.31. The SMILES string of the molecule is CCCCCCC(C)(CCCCCC)NC(=O)C1CN1. The Balaban J connectivity index is 2.35. The maximum atomic E-state index is 12.0. The summed E-state index contributed by atoms with van der Waals surface area (Å²) >= 11 is 0. The quantitative estimate of drug-likeness (QED) is 0.423. The summed E-state index contributed by atoms with van der Waals surface area (Å²) in [5, 5.41) is 6.41. The van der Waals surface area contributed by atoms with E-state index in [-0.39, 0.29) is 17.5 Å². The Morgan fingerprint density at radius 2 is 1.55 bits per heavy atom. The zero-order valence-corrected chi connectivity index (χ0v) is 13.8. The fraction of sp³-hybridized carbons (Fsp3) is 0.941. The molecule has 0 aromatic heterocycles. The van der Waals surface area contributed by atoms with Gasteiger partial charge >= 0.3 is 0 Å². The molecule has 0 spiro atoms. The van der Waals surface area contributed by atoms with Crippen LogP contribution in [0.2, 0.25) is 0 Å². The van der Waals surface area contributed by atoms with E-state index in [4.69, 9.17) is 0 Å². The van der Waals surface area contributed by atoms with Crippen molar-refractivity contribution in [3.8, 4) is 0 Å². The highest BCUT2D eigenvalue weighted by atomic mass is 16.2. The predicted octanol–water partition coefficient (Wildman–Crippen LogP) is 3.77. The molecule has 0 aromatic rings. The van der Waals surface area contributed by atoms with Crippen LogP contribution in [0.3, 0.4) is 0 Å². The van der Waals surface area contributed by atoms with Crippen molar-refractivity contribution in [1.82, 2.24) is 10.6 Å². The van der Waals surface area contributed by atoms with Crippen molar-refractivity contribution < 1.29 is 4.79 Å². The van der Waals surface area contributed by atoms with E-state index in [0.29, 0.717) is 0 Å². The maximum absolute atomic E-state index is 12.0. The van der Waals surface area contributed by atoms with Gasteiger partial charge in [0.1, 0.15) is 0 Å².